The quantitative estimate of drug-likeness (QED) is 0.697. The summed E-state index contributed by atoms with van der Waals surface area (Å²) in [5.74, 6) is 0.706. The summed E-state index contributed by atoms with van der Waals surface area (Å²) in [5.41, 5.74) is 3.50. The van der Waals surface area contributed by atoms with E-state index in [0.29, 0.717) is 17.3 Å². The number of hydrogen-bond donors (Lipinski definition) is 1. The largest absolute Gasteiger partial charge is 0.494 e. The van der Waals surface area contributed by atoms with Gasteiger partial charge in [0.2, 0.25) is 0 Å². The van der Waals surface area contributed by atoms with Crippen LogP contribution in [0.5, 0.6) is 5.75 Å². The number of nitrogens with one attached hydrogen (secondary N) is 1. The maximum Gasteiger partial charge on any atom is 0.257 e. The number of anilines is 1. The Kier molecular flexibility index (Phi) is 5.14. The fraction of sp³-hybridized carbons (Fsp3) is 0.200. The van der Waals surface area contributed by atoms with E-state index >= 15 is 0 Å². The second-order valence-corrected chi connectivity index (χ2v) is 6.85. The summed E-state index contributed by atoms with van der Waals surface area (Å²) in [7, 11) is 0. The van der Waals surface area contributed by atoms with Gasteiger partial charge < -0.3 is 4.74 Å². The third kappa shape index (κ3) is 3.88. The molecule has 1 N–H and O–H groups in total. The van der Waals surface area contributed by atoms with Crippen LogP contribution in [-0.4, -0.2) is 17.5 Å². The van der Waals surface area contributed by atoms with Gasteiger partial charge in [0.1, 0.15) is 5.75 Å². The first-order valence-corrected chi connectivity index (χ1v) is 8.97. The van der Waals surface area contributed by atoms with Crippen molar-refractivity contribution in [2.75, 3.05) is 11.9 Å². The predicted octanol–water partition coefficient (Wildman–Crippen LogP) is 5.08. The van der Waals surface area contributed by atoms with E-state index in [1.165, 1.54) is 11.3 Å². The molecular weight excluding hydrogens is 332 g/mol. The molecule has 0 spiro atoms. The van der Waals surface area contributed by atoms with Crippen molar-refractivity contribution in [3.05, 3.63) is 64.5 Å². The summed E-state index contributed by atoms with van der Waals surface area (Å²) in [5, 5.41) is 3.51. The van der Waals surface area contributed by atoms with Gasteiger partial charge in [-0.1, -0.05) is 18.2 Å². The highest BCUT2D eigenvalue weighted by Gasteiger charge is 2.14. The topological polar surface area (TPSA) is 51.2 Å². The zero-order valence-electron chi connectivity index (χ0n) is 14.5. The lowest BCUT2D eigenvalue weighted by Crippen LogP contribution is -2.12. The standard InChI is InChI=1S/C20H20N2O2S/c1-4-24-16-11-9-15(10-12-16)18-14(3)25-20(21-18)22-19(23)17-8-6-5-7-13(17)2/h5-12H,4H2,1-3H3,(H,21,22,23). The van der Waals surface area contributed by atoms with Crippen molar-refractivity contribution in [3.8, 4) is 17.0 Å². The van der Waals surface area contributed by atoms with Gasteiger partial charge in [-0.25, -0.2) is 4.98 Å². The minimum atomic E-state index is -0.134. The summed E-state index contributed by atoms with van der Waals surface area (Å²) in [6.07, 6.45) is 0. The lowest BCUT2D eigenvalue weighted by atomic mass is 10.1. The first-order chi connectivity index (χ1) is 12.1. The highest BCUT2D eigenvalue weighted by atomic mass is 32.1. The lowest BCUT2D eigenvalue weighted by Gasteiger charge is -2.05. The predicted molar refractivity (Wildman–Crippen MR) is 103 cm³/mol. The monoisotopic (exact) mass is 352 g/mol. The zero-order chi connectivity index (χ0) is 17.8. The van der Waals surface area contributed by atoms with Crippen LogP contribution in [0.25, 0.3) is 11.3 Å². The third-order valence-electron chi connectivity index (χ3n) is 3.85. The van der Waals surface area contributed by atoms with Gasteiger partial charge in [-0.2, -0.15) is 0 Å². The second-order valence-electron chi connectivity index (χ2n) is 5.65. The van der Waals surface area contributed by atoms with E-state index in [1.807, 2.05) is 69.3 Å². The molecule has 1 heterocycles. The van der Waals surface area contributed by atoms with Crippen LogP contribution in [0, 0.1) is 13.8 Å². The van der Waals surface area contributed by atoms with E-state index in [1.54, 1.807) is 0 Å². The molecule has 0 aliphatic carbocycles. The minimum Gasteiger partial charge on any atom is -0.494 e. The Morgan fingerprint density at radius 2 is 1.84 bits per heavy atom. The van der Waals surface area contributed by atoms with Crippen LogP contribution >= 0.6 is 11.3 Å². The summed E-state index contributed by atoms with van der Waals surface area (Å²) in [6.45, 7) is 6.53. The van der Waals surface area contributed by atoms with Gasteiger partial charge in [0.15, 0.2) is 5.13 Å². The first kappa shape index (κ1) is 17.2. The molecule has 5 heteroatoms. The van der Waals surface area contributed by atoms with Crippen LogP contribution in [0.15, 0.2) is 48.5 Å². The number of aromatic nitrogens is 1. The molecule has 1 amide bonds. The maximum atomic E-state index is 12.4. The second kappa shape index (κ2) is 7.49. The highest BCUT2D eigenvalue weighted by molar-refractivity contribution is 7.16. The molecule has 25 heavy (non-hydrogen) atoms. The summed E-state index contributed by atoms with van der Waals surface area (Å²) in [6, 6.07) is 15.4. The van der Waals surface area contributed by atoms with Crippen LogP contribution in [0.4, 0.5) is 5.13 Å². The summed E-state index contributed by atoms with van der Waals surface area (Å²) < 4.78 is 5.47. The van der Waals surface area contributed by atoms with E-state index in [4.69, 9.17) is 4.74 Å². The maximum absolute atomic E-state index is 12.4. The molecular formula is C20H20N2O2S. The SMILES string of the molecule is CCOc1ccc(-c2nc(NC(=O)c3ccccc3C)sc2C)cc1. The van der Waals surface area contributed by atoms with Crippen molar-refractivity contribution >= 4 is 22.4 Å². The Bertz CT molecular complexity index is 885. The number of carbonyl (C=O) groups is 1. The molecule has 0 fully saturated rings. The molecule has 3 rings (SSSR count). The zero-order valence-corrected chi connectivity index (χ0v) is 15.3. The number of rotatable bonds is 5. The number of benzene rings is 2. The molecule has 128 valence electrons. The fourth-order valence-corrected chi connectivity index (χ4v) is 3.42. The van der Waals surface area contributed by atoms with Crippen molar-refractivity contribution in [1.82, 2.24) is 4.98 Å². The van der Waals surface area contributed by atoms with Crippen LogP contribution in [0.2, 0.25) is 0 Å². The number of amides is 1. The van der Waals surface area contributed by atoms with Crippen molar-refractivity contribution in [2.45, 2.75) is 20.8 Å². The van der Waals surface area contributed by atoms with Crippen molar-refractivity contribution in [1.29, 1.82) is 0 Å². The summed E-state index contributed by atoms with van der Waals surface area (Å²) in [4.78, 5) is 18.1. The van der Waals surface area contributed by atoms with Crippen LogP contribution in [0.1, 0.15) is 27.7 Å². The van der Waals surface area contributed by atoms with Gasteiger partial charge in [0.25, 0.3) is 5.91 Å². The van der Waals surface area contributed by atoms with Crippen LogP contribution < -0.4 is 10.1 Å². The first-order valence-electron chi connectivity index (χ1n) is 8.16. The molecule has 2 aromatic carbocycles. The molecule has 1 aromatic heterocycles. The van der Waals surface area contributed by atoms with Crippen molar-refractivity contribution < 1.29 is 9.53 Å². The Labute approximate surface area is 151 Å². The van der Waals surface area contributed by atoms with Gasteiger partial charge in [-0.05, 0) is 56.7 Å². The van der Waals surface area contributed by atoms with Gasteiger partial charge in [0, 0.05) is 16.0 Å². The van der Waals surface area contributed by atoms with Gasteiger partial charge in [0.05, 0.1) is 12.3 Å². The molecule has 0 bridgehead atoms. The molecule has 4 nitrogen and oxygen atoms in total. The third-order valence-corrected chi connectivity index (χ3v) is 4.73. The number of aryl methyl sites for hydroxylation is 2. The number of hydrogen-bond acceptors (Lipinski definition) is 4. The van der Waals surface area contributed by atoms with Crippen molar-refractivity contribution in [2.24, 2.45) is 0 Å². The van der Waals surface area contributed by atoms with E-state index in [-0.39, 0.29) is 5.91 Å². The minimum absolute atomic E-state index is 0.134. The molecule has 0 aliphatic heterocycles. The number of nitrogens with zero attached hydrogens (tertiary/aromatic N) is 1. The molecule has 3 aromatic rings. The van der Waals surface area contributed by atoms with E-state index in [9.17, 15) is 4.79 Å². The Balaban J connectivity index is 1.80. The lowest BCUT2D eigenvalue weighted by molar-refractivity contribution is 0.102. The number of carbonyl (C=O) groups excluding carboxylic acids is 1. The molecule has 0 saturated carbocycles. The fourth-order valence-electron chi connectivity index (χ4n) is 2.59. The number of ether oxygens (including phenoxy) is 1. The average Bonchev–Trinajstić information content (AvgIpc) is 2.96. The van der Waals surface area contributed by atoms with Crippen molar-refractivity contribution in [3.63, 3.8) is 0 Å². The highest BCUT2D eigenvalue weighted by Crippen LogP contribution is 2.31. The Morgan fingerprint density at radius 3 is 2.52 bits per heavy atom. The van der Waals surface area contributed by atoms with Gasteiger partial charge >= 0.3 is 0 Å². The summed E-state index contributed by atoms with van der Waals surface area (Å²) >= 11 is 1.48. The van der Waals surface area contributed by atoms with Crippen LogP contribution in [-0.2, 0) is 0 Å². The molecule has 0 radical (unpaired) electrons. The molecule has 0 atom stereocenters. The average molecular weight is 352 g/mol. The van der Waals surface area contributed by atoms with E-state index in [0.717, 1.165) is 27.4 Å². The molecule has 0 aliphatic rings. The Morgan fingerprint density at radius 1 is 1.12 bits per heavy atom. The normalized spacial score (nSPS) is 10.5. The Hall–Kier alpha value is -2.66. The van der Waals surface area contributed by atoms with E-state index < -0.39 is 0 Å². The van der Waals surface area contributed by atoms with Gasteiger partial charge in [-0.15, -0.1) is 11.3 Å². The number of thiazole rings is 1. The van der Waals surface area contributed by atoms with Gasteiger partial charge in [-0.3, -0.25) is 10.1 Å². The smallest absolute Gasteiger partial charge is 0.257 e. The molecule has 0 saturated heterocycles. The van der Waals surface area contributed by atoms with Crippen LogP contribution in [0.3, 0.4) is 0 Å². The molecule has 0 unspecified atom stereocenters. The van der Waals surface area contributed by atoms with E-state index in [2.05, 4.69) is 10.3 Å².